The maximum atomic E-state index is 12.7. The number of para-hydroxylation sites is 1. The summed E-state index contributed by atoms with van der Waals surface area (Å²) in [5.74, 6) is -1.83. The molecule has 3 amide bonds. The molecule has 0 unspecified atom stereocenters. The monoisotopic (exact) mass is 505 g/mol. The average Bonchev–Trinajstić information content (AvgIpc) is 3.14. The van der Waals surface area contributed by atoms with Crippen molar-refractivity contribution < 1.29 is 24.6 Å². The van der Waals surface area contributed by atoms with E-state index in [1.807, 2.05) is 6.20 Å². The quantitative estimate of drug-likeness (QED) is 0.468. The number of piperidine rings is 1. The number of rotatable bonds is 4. The van der Waals surface area contributed by atoms with Crippen LogP contribution in [0.15, 0.2) is 34.9 Å². The van der Waals surface area contributed by atoms with E-state index < -0.39 is 29.6 Å². The number of anilines is 1. The van der Waals surface area contributed by atoms with Crippen molar-refractivity contribution in [3.63, 3.8) is 0 Å². The Bertz CT molecular complexity index is 1060. The zero-order chi connectivity index (χ0) is 23.0. The molecular weight excluding hydrogens is 482 g/mol. The first-order valence-corrected chi connectivity index (χ1v) is 11.0. The zero-order valence-electron chi connectivity index (χ0n) is 17.4. The van der Waals surface area contributed by atoms with Gasteiger partial charge in [0, 0.05) is 41.9 Å². The smallest absolute Gasteiger partial charge is 0.272 e. The van der Waals surface area contributed by atoms with Crippen molar-refractivity contribution in [3.05, 3.63) is 46.2 Å². The minimum absolute atomic E-state index is 0.231. The standard InChI is InChI=1S/C21H24BrN5O5/c1-26-11-12-10-21(24-18(30)15(12)25-26)6-8-27(9-7-21)20(32)17(29)16(28)19(31)23-14-5-3-2-4-13(14)22/h2-5,11,16-17,28-29H,6-10H2,1H3,(H,23,31)(H,24,30)/t16-,17-/m0/s1. The van der Waals surface area contributed by atoms with Gasteiger partial charge in [0.25, 0.3) is 17.7 Å². The van der Waals surface area contributed by atoms with Crippen molar-refractivity contribution >= 4 is 39.3 Å². The molecule has 4 N–H and O–H groups in total. The summed E-state index contributed by atoms with van der Waals surface area (Å²) >= 11 is 3.28. The van der Waals surface area contributed by atoms with Crippen LogP contribution in [0, 0.1) is 0 Å². The number of carbonyl (C=O) groups excluding carboxylic acids is 3. The largest absolute Gasteiger partial charge is 0.380 e. The molecule has 3 heterocycles. The van der Waals surface area contributed by atoms with Gasteiger partial charge < -0.3 is 25.7 Å². The molecule has 1 fully saturated rings. The van der Waals surface area contributed by atoms with Crippen molar-refractivity contribution in [3.8, 4) is 0 Å². The Morgan fingerprint density at radius 1 is 1.22 bits per heavy atom. The lowest BCUT2D eigenvalue weighted by Crippen LogP contribution is -2.61. The van der Waals surface area contributed by atoms with Crippen LogP contribution in [0.5, 0.6) is 0 Å². The van der Waals surface area contributed by atoms with Crippen LogP contribution in [0.4, 0.5) is 5.69 Å². The molecule has 1 aromatic heterocycles. The van der Waals surface area contributed by atoms with Gasteiger partial charge in [0.05, 0.1) is 5.69 Å². The first-order valence-electron chi connectivity index (χ1n) is 10.2. The number of fused-ring (bicyclic) bond motifs is 1. The predicted octanol–water partition coefficient (Wildman–Crippen LogP) is 0.190. The minimum atomic E-state index is -1.92. The molecule has 2 aliphatic heterocycles. The van der Waals surface area contributed by atoms with E-state index in [4.69, 9.17) is 0 Å². The Kier molecular flexibility index (Phi) is 6.06. The summed E-state index contributed by atoms with van der Waals surface area (Å²) in [4.78, 5) is 38.9. The van der Waals surface area contributed by atoms with Crippen LogP contribution in [0.25, 0.3) is 0 Å². The van der Waals surface area contributed by atoms with Crippen LogP contribution < -0.4 is 10.6 Å². The fraction of sp³-hybridized carbons (Fsp3) is 0.429. The molecule has 2 atom stereocenters. The van der Waals surface area contributed by atoms with Crippen molar-refractivity contribution in [2.75, 3.05) is 18.4 Å². The number of amides is 3. The molecule has 10 nitrogen and oxygen atoms in total. The number of aromatic nitrogens is 2. The van der Waals surface area contributed by atoms with E-state index in [1.54, 1.807) is 36.0 Å². The second-order valence-corrected chi connectivity index (χ2v) is 9.13. The number of aliphatic hydroxyl groups is 2. The number of nitrogens with one attached hydrogen (secondary N) is 2. The summed E-state index contributed by atoms with van der Waals surface area (Å²) in [6.45, 7) is 0.564. The van der Waals surface area contributed by atoms with Gasteiger partial charge >= 0.3 is 0 Å². The molecular formula is C21H24BrN5O5. The Labute approximate surface area is 192 Å². The van der Waals surface area contributed by atoms with Crippen LogP contribution in [0.2, 0.25) is 0 Å². The fourth-order valence-electron chi connectivity index (χ4n) is 4.26. The second-order valence-electron chi connectivity index (χ2n) is 8.27. The Morgan fingerprint density at radius 2 is 1.91 bits per heavy atom. The second kappa shape index (κ2) is 8.64. The van der Waals surface area contributed by atoms with Crippen molar-refractivity contribution in [2.24, 2.45) is 7.05 Å². The number of nitrogens with zero attached hydrogens (tertiary/aromatic N) is 3. The first kappa shape index (κ1) is 22.4. The van der Waals surface area contributed by atoms with E-state index >= 15 is 0 Å². The fourth-order valence-corrected chi connectivity index (χ4v) is 4.64. The average molecular weight is 506 g/mol. The molecule has 170 valence electrons. The first-order chi connectivity index (χ1) is 15.2. The number of benzene rings is 1. The van der Waals surface area contributed by atoms with E-state index in [-0.39, 0.29) is 19.0 Å². The van der Waals surface area contributed by atoms with Crippen LogP contribution in [-0.2, 0) is 23.1 Å². The highest BCUT2D eigenvalue weighted by molar-refractivity contribution is 9.10. The van der Waals surface area contributed by atoms with E-state index in [0.717, 1.165) is 5.56 Å². The van der Waals surface area contributed by atoms with E-state index in [0.29, 0.717) is 35.1 Å². The normalized spacial score (nSPS) is 19.1. The van der Waals surface area contributed by atoms with Crippen LogP contribution in [-0.4, -0.2) is 73.5 Å². The number of aliphatic hydroxyl groups excluding tert-OH is 2. The van der Waals surface area contributed by atoms with Crippen LogP contribution in [0.3, 0.4) is 0 Å². The third kappa shape index (κ3) is 4.27. The van der Waals surface area contributed by atoms with E-state index in [9.17, 15) is 24.6 Å². The number of carbonyl (C=O) groups is 3. The van der Waals surface area contributed by atoms with E-state index in [1.165, 1.54) is 4.90 Å². The molecule has 1 aromatic carbocycles. The molecule has 2 aliphatic rings. The van der Waals surface area contributed by atoms with Gasteiger partial charge in [-0.05, 0) is 47.3 Å². The van der Waals surface area contributed by atoms with Gasteiger partial charge in [0.2, 0.25) is 0 Å². The summed E-state index contributed by atoms with van der Waals surface area (Å²) in [5, 5.41) is 30.3. The third-order valence-corrected chi connectivity index (χ3v) is 6.70. The molecule has 0 bridgehead atoms. The Morgan fingerprint density at radius 3 is 2.59 bits per heavy atom. The molecule has 32 heavy (non-hydrogen) atoms. The van der Waals surface area contributed by atoms with Crippen molar-refractivity contribution in [1.29, 1.82) is 0 Å². The van der Waals surface area contributed by atoms with Gasteiger partial charge in [-0.1, -0.05) is 12.1 Å². The van der Waals surface area contributed by atoms with Gasteiger partial charge in [0.15, 0.2) is 17.9 Å². The van der Waals surface area contributed by atoms with E-state index in [2.05, 4.69) is 31.7 Å². The highest BCUT2D eigenvalue weighted by atomic mass is 79.9. The number of aryl methyl sites for hydroxylation is 1. The van der Waals surface area contributed by atoms with Gasteiger partial charge in [-0.3, -0.25) is 19.1 Å². The number of hydrogen-bond acceptors (Lipinski definition) is 6. The Hall–Kier alpha value is -2.76. The molecule has 2 aromatic rings. The summed E-state index contributed by atoms with van der Waals surface area (Å²) in [7, 11) is 1.76. The molecule has 0 saturated carbocycles. The summed E-state index contributed by atoms with van der Waals surface area (Å²) in [5.41, 5.74) is 1.23. The molecule has 1 saturated heterocycles. The van der Waals surface area contributed by atoms with Gasteiger partial charge in [-0.2, -0.15) is 5.10 Å². The lowest BCUT2D eigenvalue weighted by Gasteiger charge is -2.44. The van der Waals surface area contributed by atoms with Crippen molar-refractivity contribution in [1.82, 2.24) is 20.0 Å². The molecule has 4 rings (SSSR count). The SMILES string of the molecule is Cn1cc2c(n1)C(=O)NC1(CCN(C(=O)[C@@H](O)[C@H](O)C(=O)Nc3ccccc3Br)CC1)C2. The molecule has 0 radical (unpaired) electrons. The maximum absolute atomic E-state index is 12.7. The predicted molar refractivity (Wildman–Crippen MR) is 118 cm³/mol. The van der Waals surface area contributed by atoms with Gasteiger partial charge in [-0.15, -0.1) is 0 Å². The van der Waals surface area contributed by atoms with Crippen molar-refractivity contribution in [2.45, 2.75) is 37.0 Å². The lowest BCUT2D eigenvalue weighted by molar-refractivity contribution is -0.152. The number of hydrogen-bond donors (Lipinski definition) is 4. The van der Waals surface area contributed by atoms with Crippen LogP contribution in [0.1, 0.15) is 28.9 Å². The van der Waals surface area contributed by atoms with Gasteiger partial charge in [-0.25, -0.2) is 0 Å². The maximum Gasteiger partial charge on any atom is 0.272 e. The van der Waals surface area contributed by atoms with Crippen LogP contribution >= 0.6 is 15.9 Å². The summed E-state index contributed by atoms with van der Waals surface area (Å²) in [6, 6.07) is 6.81. The highest BCUT2D eigenvalue weighted by Gasteiger charge is 2.44. The molecule has 11 heteroatoms. The lowest BCUT2D eigenvalue weighted by atomic mass is 9.79. The minimum Gasteiger partial charge on any atom is -0.380 e. The molecule has 0 aliphatic carbocycles. The van der Waals surface area contributed by atoms with Gasteiger partial charge in [0.1, 0.15) is 0 Å². The third-order valence-electron chi connectivity index (χ3n) is 6.01. The number of likely N-dealkylation sites (tertiary alicyclic amines) is 1. The zero-order valence-corrected chi connectivity index (χ0v) is 19.0. The highest BCUT2D eigenvalue weighted by Crippen LogP contribution is 2.31. The summed E-state index contributed by atoms with van der Waals surface area (Å²) < 4.78 is 2.22. The topological polar surface area (TPSA) is 137 Å². The Balaban J connectivity index is 1.36. The molecule has 1 spiro atoms. The summed E-state index contributed by atoms with van der Waals surface area (Å²) in [6.07, 6.45) is -0.383. The number of halogens is 1.